The summed E-state index contributed by atoms with van der Waals surface area (Å²) in [6.45, 7) is 6.63. The highest BCUT2D eigenvalue weighted by molar-refractivity contribution is 5.17. The van der Waals surface area contributed by atoms with E-state index in [2.05, 4.69) is 6.92 Å². The van der Waals surface area contributed by atoms with Crippen LogP contribution >= 0.6 is 0 Å². The first-order valence-electron chi connectivity index (χ1n) is 12.4. The SMILES string of the molecule is CCCCCCCCCC(CCCCCc1cc(F)cc(F)c1)OC(OCC)OCC. The molecule has 0 amide bonds. The Morgan fingerprint density at radius 2 is 1.19 bits per heavy atom. The topological polar surface area (TPSA) is 27.7 Å². The van der Waals surface area contributed by atoms with Crippen LogP contribution in [0.25, 0.3) is 0 Å². The van der Waals surface area contributed by atoms with Gasteiger partial charge in [-0.15, -0.1) is 0 Å². The molecule has 0 aromatic heterocycles. The van der Waals surface area contributed by atoms with Gasteiger partial charge in [-0.25, -0.2) is 8.78 Å². The molecular weight excluding hydrogens is 398 g/mol. The maximum absolute atomic E-state index is 13.3. The van der Waals surface area contributed by atoms with Crippen LogP contribution in [0.15, 0.2) is 18.2 Å². The van der Waals surface area contributed by atoms with Gasteiger partial charge >= 0.3 is 0 Å². The van der Waals surface area contributed by atoms with E-state index in [0.29, 0.717) is 19.6 Å². The van der Waals surface area contributed by atoms with Crippen molar-refractivity contribution in [3.05, 3.63) is 35.4 Å². The minimum Gasteiger partial charge on any atom is -0.330 e. The van der Waals surface area contributed by atoms with Gasteiger partial charge in [0.25, 0.3) is 6.48 Å². The maximum atomic E-state index is 13.3. The van der Waals surface area contributed by atoms with Crippen LogP contribution in [-0.2, 0) is 20.6 Å². The lowest BCUT2D eigenvalue weighted by molar-refractivity contribution is -0.302. The molecule has 1 aromatic rings. The average Bonchev–Trinajstić information content (AvgIpc) is 2.72. The first-order chi connectivity index (χ1) is 15.1. The highest BCUT2D eigenvalue weighted by Gasteiger charge is 2.17. The summed E-state index contributed by atoms with van der Waals surface area (Å²) in [7, 11) is 0. The molecule has 0 aliphatic carbocycles. The molecule has 0 fully saturated rings. The maximum Gasteiger partial charge on any atom is 0.271 e. The van der Waals surface area contributed by atoms with E-state index in [1.165, 1.54) is 50.7 Å². The highest BCUT2D eigenvalue weighted by Crippen LogP contribution is 2.19. The molecule has 1 atom stereocenters. The number of aryl methyl sites for hydroxylation is 1. The van der Waals surface area contributed by atoms with Gasteiger partial charge in [0.15, 0.2) is 0 Å². The van der Waals surface area contributed by atoms with Crippen molar-refractivity contribution in [3.8, 4) is 0 Å². The van der Waals surface area contributed by atoms with E-state index in [9.17, 15) is 8.78 Å². The minimum absolute atomic E-state index is 0.116. The smallest absolute Gasteiger partial charge is 0.271 e. The van der Waals surface area contributed by atoms with Crippen LogP contribution in [-0.4, -0.2) is 25.8 Å². The van der Waals surface area contributed by atoms with E-state index in [4.69, 9.17) is 14.2 Å². The van der Waals surface area contributed by atoms with Crippen LogP contribution in [0.1, 0.15) is 103 Å². The Balaban J connectivity index is 2.37. The highest BCUT2D eigenvalue weighted by atomic mass is 19.1. The summed E-state index contributed by atoms with van der Waals surface area (Å²) >= 11 is 0. The fourth-order valence-corrected chi connectivity index (χ4v) is 3.80. The van der Waals surface area contributed by atoms with E-state index < -0.39 is 18.1 Å². The Bertz CT molecular complexity index is 527. The zero-order valence-electron chi connectivity index (χ0n) is 20.0. The molecular formula is C26H44F2O3. The Kier molecular flexibility index (Phi) is 16.7. The largest absolute Gasteiger partial charge is 0.330 e. The molecule has 0 saturated carbocycles. The molecule has 0 aliphatic rings. The molecule has 0 spiro atoms. The zero-order chi connectivity index (χ0) is 22.7. The van der Waals surface area contributed by atoms with Gasteiger partial charge in [0.2, 0.25) is 0 Å². The molecule has 5 heteroatoms. The van der Waals surface area contributed by atoms with Gasteiger partial charge in [0.05, 0.1) is 6.10 Å². The number of hydrogen-bond acceptors (Lipinski definition) is 3. The molecule has 0 N–H and O–H groups in total. The average molecular weight is 443 g/mol. The minimum atomic E-state index is -0.597. The third-order valence-corrected chi connectivity index (χ3v) is 5.45. The van der Waals surface area contributed by atoms with Crippen molar-refractivity contribution in [2.75, 3.05) is 13.2 Å². The molecule has 31 heavy (non-hydrogen) atoms. The summed E-state index contributed by atoms with van der Waals surface area (Å²) < 4.78 is 43.9. The van der Waals surface area contributed by atoms with Crippen LogP contribution in [0, 0.1) is 11.6 Å². The Morgan fingerprint density at radius 3 is 1.74 bits per heavy atom. The molecule has 1 rings (SSSR count). The van der Waals surface area contributed by atoms with Crippen LogP contribution in [0.2, 0.25) is 0 Å². The number of hydrogen-bond donors (Lipinski definition) is 0. The molecule has 1 aromatic carbocycles. The zero-order valence-corrected chi connectivity index (χ0v) is 20.0. The lowest BCUT2D eigenvalue weighted by atomic mass is 10.0. The Labute approximate surface area is 188 Å². The number of benzene rings is 1. The van der Waals surface area contributed by atoms with Gasteiger partial charge in [-0.1, -0.05) is 64.7 Å². The summed E-state index contributed by atoms with van der Waals surface area (Å²) in [6, 6.07) is 3.76. The molecule has 1 unspecified atom stereocenters. The Morgan fingerprint density at radius 1 is 0.677 bits per heavy atom. The quantitative estimate of drug-likeness (QED) is 0.151. The number of halogens is 2. The summed E-state index contributed by atoms with van der Waals surface area (Å²) in [5.74, 6) is -1.01. The van der Waals surface area contributed by atoms with E-state index in [-0.39, 0.29) is 6.10 Å². The lowest BCUT2D eigenvalue weighted by Gasteiger charge is -2.24. The van der Waals surface area contributed by atoms with E-state index in [0.717, 1.165) is 50.2 Å². The van der Waals surface area contributed by atoms with Crippen molar-refractivity contribution in [3.63, 3.8) is 0 Å². The van der Waals surface area contributed by atoms with Crippen LogP contribution in [0.3, 0.4) is 0 Å². The normalized spacial score (nSPS) is 12.6. The first kappa shape index (κ1) is 28.0. The van der Waals surface area contributed by atoms with Gasteiger partial charge in [0.1, 0.15) is 11.6 Å². The molecule has 0 saturated heterocycles. The number of ether oxygens (including phenoxy) is 3. The van der Waals surface area contributed by atoms with Crippen LogP contribution < -0.4 is 0 Å². The van der Waals surface area contributed by atoms with Gasteiger partial charge in [-0.3, -0.25) is 0 Å². The summed E-state index contributed by atoms with van der Waals surface area (Å²) in [5.41, 5.74) is 0.723. The third kappa shape index (κ3) is 14.6. The van der Waals surface area contributed by atoms with Crippen molar-refractivity contribution in [1.82, 2.24) is 0 Å². The molecule has 3 nitrogen and oxygen atoms in total. The molecule has 0 radical (unpaired) electrons. The first-order valence-corrected chi connectivity index (χ1v) is 12.4. The van der Waals surface area contributed by atoms with Crippen molar-refractivity contribution in [2.24, 2.45) is 0 Å². The predicted octanol–water partition coefficient (Wildman–Crippen LogP) is 7.95. The fourth-order valence-electron chi connectivity index (χ4n) is 3.80. The summed E-state index contributed by atoms with van der Waals surface area (Å²) in [4.78, 5) is 0. The van der Waals surface area contributed by atoms with Gasteiger partial charge in [-0.2, -0.15) is 0 Å². The van der Waals surface area contributed by atoms with Crippen molar-refractivity contribution in [1.29, 1.82) is 0 Å². The molecule has 0 bridgehead atoms. The third-order valence-electron chi connectivity index (χ3n) is 5.45. The van der Waals surface area contributed by atoms with Crippen LogP contribution in [0.5, 0.6) is 0 Å². The lowest BCUT2D eigenvalue weighted by Crippen LogP contribution is -2.27. The van der Waals surface area contributed by atoms with Crippen molar-refractivity contribution in [2.45, 2.75) is 117 Å². The fraction of sp³-hybridized carbons (Fsp3) is 0.769. The monoisotopic (exact) mass is 442 g/mol. The predicted molar refractivity (Wildman–Crippen MR) is 123 cm³/mol. The Hall–Kier alpha value is -1.04. The molecule has 180 valence electrons. The second-order valence-electron chi connectivity index (χ2n) is 8.24. The van der Waals surface area contributed by atoms with Gasteiger partial charge in [-0.05, 0) is 57.2 Å². The van der Waals surface area contributed by atoms with Crippen molar-refractivity contribution < 1.29 is 23.0 Å². The van der Waals surface area contributed by atoms with E-state index >= 15 is 0 Å². The van der Waals surface area contributed by atoms with Gasteiger partial charge < -0.3 is 14.2 Å². The summed E-state index contributed by atoms with van der Waals surface area (Å²) in [6.07, 6.45) is 14.7. The van der Waals surface area contributed by atoms with E-state index in [1.54, 1.807) is 0 Å². The van der Waals surface area contributed by atoms with Crippen LogP contribution in [0.4, 0.5) is 8.78 Å². The number of unbranched alkanes of at least 4 members (excludes halogenated alkanes) is 8. The molecule has 0 heterocycles. The second-order valence-corrected chi connectivity index (χ2v) is 8.24. The van der Waals surface area contributed by atoms with Crippen molar-refractivity contribution >= 4 is 0 Å². The van der Waals surface area contributed by atoms with Gasteiger partial charge in [0, 0.05) is 19.3 Å². The second kappa shape index (κ2) is 18.5. The number of rotatable bonds is 20. The van der Waals surface area contributed by atoms with E-state index in [1.807, 2.05) is 13.8 Å². The standard InChI is InChI=1S/C26H44F2O3/c1-4-7-8-9-10-11-14-17-25(31-26(29-5-2)30-6-3)18-15-12-13-16-22-19-23(27)21-24(28)20-22/h19-21,25-26H,4-18H2,1-3H3. The molecule has 0 aliphatic heterocycles. The summed E-state index contributed by atoms with van der Waals surface area (Å²) in [5, 5.41) is 0.